The second-order valence-electron chi connectivity index (χ2n) is 6.07. The summed E-state index contributed by atoms with van der Waals surface area (Å²) in [5.74, 6) is 0.0511. The molecule has 0 N–H and O–H groups in total. The van der Waals surface area contributed by atoms with Crippen LogP contribution in [0.1, 0.15) is 15.9 Å². The smallest absolute Gasteiger partial charge is 0.257 e. The van der Waals surface area contributed by atoms with Crippen molar-refractivity contribution in [3.63, 3.8) is 0 Å². The van der Waals surface area contributed by atoms with Crippen LogP contribution < -0.4 is 0 Å². The van der Waals surface area contributed by atoms with Crippen LogP contribution in [-0.4, -0.2) is 46.9 Å². The van der Waals surface area contributed by atoms with Crippen LogP contribution in [0.4, 0.5) is 0 Å². The molecule has 0 saturated carbocycles. The quantitative estimate of drug-likeness (QED) is 0.744. The lowest BCUT2D eigenvalue weighted by atomic mass is 10.1. The summed E-state index contributed by atoms with van der Waals surface area (Å²) in [6.45, 7) is 4.08. The van der Waals surface area contributed by atoms with Crippen molar-refractivity contribution in [1.82, 2.24) is 14.8 Å². The summed E-state index contributed by atoms with van der Waals surface area (Å²) in [6, 6.07) is 12.1. The molecule has 0 radical (unpaired) electrons. The van der Waals surface area contributed by atoms with Gasteiger partial charge in [0, 0.05) is 44.3 Å². The van der Waals surface area contributed by atoms with E-state index in [-0.39, 0.29) is 5.91 Å². The maximum Gasteiger partial charge on any atom is 0.257 e. The van der Waals surface area contributed by atoms with Crippen LogP contribution >= 0.6 is 0 Å². The average Bonchev–Trinajstić information content (AvgIpc) is 3.17. The first-order chi connectivity index (χ1) is 11.8. The minimum atomic E-state index is 0.0511. The molecule has 2 aromatic heterocycles. The number of pyridine rings is 1. The highest BCUT2D eigenvalue weighted by atomic mass is 16.3. The molecule has 1 fully saturated rings. The van der Waals surface area contributed by atoms with Gasteiger partial charge in [-0.2, -0.15) is 0 Å². The van der Waals surface area contributed by atoms with Gasteiger partial charge < -0.3 is 9.32 Å². The average molecular weight is 321 g/mol. The van der Waals surface area contributed by atoms with Gasteiger partial charge in [-0.15, -0.1) is 0 Å². The summed E-state index contributed by atoms with van der Waals surface area (Å²) in [6.07, 6.45) is 4.89. The van der Waals surface area contributed by atoms with Gasteiger partial charge in [-0.3, -0.25) is 14.7 Å². The molecule has 1 aliphatic heterocycles. The zero-order valence-corrected chi connectivity index (χ0v) is 13.4. The predicted octanol–water partition coefficient (Wildman–Crippen LogP) is 2.79. The van der Waals surface area contributed by atoms with E-state index in [4.69, 9.17) is 4.42 Å². The van der Waals surface area contributed by atoms with E-state index in [1.807, 2.05) is 17.2 Å². The molecule has 3 aromatic rings. The maximum atomic E-state index is 12.3. The Bertz CT molecular complexity index is 831. The number of fused-ring (bicyclic) bond motifs is 1. The molecular weight excluding hydrogens is 302 g/mol. The lowest BCUT2D eigenvalue weighted by molar-refractivity contribution is 0.0628. The van der Waals surface area contributed by atoms with E-state index in [9.17, 15) is 4.79 Å². The molecule has 122 valence electrons. The van der Waals surface area contributed by atoms with Gasteiger partial charge in [0.15, 0.2) is 0 Å². The molecule has 0 unspecified atom stereocenters. The predicted molar refractivity (Wildman–Crippen MR) is 91.6 cm³/mol. The summed E-state index contributed by atoms with van der Waals surface area (Å²) < 4.78 is 5.00. The third kappa shape index (κ3) is 2.90. The number of furan rings is 1. The Kier molecular flexibility index (Phi) is 4.01. The van der Waals surface area contributed by atoms with Crippen LogP contribution in [0.5, 0.6) is 0 Å². The fraction of sp³-hybridized carbons (Fsp3) is 0.263. The number of para-hydroxylation sites is 1. The summed E-state index contributed by atoms with van der Waals surface area (Å²) in [7, 11) is 0. The van der Waals surface area contributed by atoms with Gasteiger partial charge in [-0.05, 0) is 17.7 Å². The zero-order valence-electron chi connectivity index (χ0n) is 13.4. The van der Waals surface area contributed by atoms with Crippen molar-refractivity contribution in [3.8, 4) is 0 Å². The normalized spacial score (nSPS) is 15.8. The molecule has 4 rings (SSSR count). The summed E-state index contributed by atoms with van der Waals surface area (Å²) in [5.41, 5.74) is 2.93. The Balaban J connectivity index is 1.42. The first kappa shape index (κ1) is 14.9. The van der Waals surface area contributed by atoms with Gasteiger partial charge >= 0.3 is 0 Å². The number of hydrogen-bond donors (Lipinski definition) is 0. The lowest BCUT2D eigenvalue weighted by Gasteiger charge is -2.34. The number of carbonyl (C=O) groups excluding carboxylic acids is 1. The number of carbonyl (C=O) groups is 1. The third-order valence-corrected chi connectivity index (χ3v) is 4.54. The monoisotopic (exact) mass is 321 g/mol. The van der Waals surface area contributed by atoms with Crippen molar-refractivity contribution in [2.24, 2.45) is 0 Å². The van der Waals surface area contributed by atoms with Crippen LogP contribution in [0.2, 0.25) is 0 Å². The Morgan fingerprint density at radius 1 is 1.08 bits per heavy atom. The highest BCUT2D eigenvalue weighted by Crippen LogP contribution is 2.19. The van der Waals surface area contributed by atoms with Crippen molar-refractivity contribution in [2.75, 3.05) is 26.2 Å². The van der Waals surface area contributed by atoms with Gasteiger partial charge in [0.05, 0.1) is 17.3 Å². The second-order valence-corrected chi connectivity index (χ2v) is 6.07. The van der Waals surface area contributed by atoms with E-state index < -0.39 is 0 Å². The third-order valence-electron chi connectivity index (χ3n) is 4.54. The van der Waals surface area contributed by atoms with E-state index in [1.54, 1.807) is 6.07 Å². The van der Waals surface area contributed by atoms with Gasteiger partial charge in [0.1, 0.15) is 6.26 Å². The molecule has 0 atom stereocenters. The van der Waals surface area contributed by atoms with Gasteiger partial charge in [-0.25, -0.2) is 0 Å². The SMILES string of the molecule is O=C(c1ccoc1)N1CCN(Cc2cccc3cccnc23)CC1. The Hall–Kier alpha value is -2.66. The van der Waals surface area contributed by atoms with Crippen molar-refractivity contribution < 1.29 is 9.21 Å². The number of rotatable bonds is 3. The molecule has 3 heterocycles. The van der Waals surface area contributed by atoms with Crippen molar-refractivity contribution in [1.29, 1.82) is 0 Å². The standard InChI is InChI=1S/C19H19N3O2/c23-19(17-6-12-24-14-17)22-10-8-21(9-11-22)13-16-4-1-3-15-5-2-7-20-18(15)16/h1-7,12,14H,8-11,13H2. The lowest BCUT2D eigenvalue weighted by Crippen LogP contribution is -2.48. The van der Waals surface area contributed by atoms with Gasteiger partial charge in [0.25, 0.3) is 5.91 Å². The number of nitrogens with zero attached hydrogens (tertiary/aromatic N) is 3. The van der Waals surface area contributed by atoms with Crippen LogP contribution in [0.25, 0.3) is 10.9 Å². The molecule has 0 spiro atoms. The van der Waals surface area contributed by atoms with Crippen LogP contribution in [0.3, 0.4) is 0 Å². The topological polar surface area (TPSA) is 49.6 Å². The summed E-state index contributed by atoms with van der Waals surface area (Å²) in [4.78, 5) is 21.1. The molecular formula is C19H19N3O2. The largest absolute Gasteiger partial charge is 0.472 e. The van der Waals surface area contributed by atoms with Crippen molar-refractivity contribution in [2.45, 2.75) is 6.54 Å². The number of hydrogen-bond acceptors (Lipinski definition) is 4. The fourth-order valence-corrected chi connectivity index (χ4v) is 3.21. The van der Waals surface area contributed by atoms with E-state index in [0.29, 0.717) is 5.56 Å². The molecule has 5 heteroatoms. The fourth-order valence-electron chi connectivity index (χ4n) is 3.21. The first-order valence-corrected chi connectivity index (χ1v) is 8.18. The molecule has 1 aliphatic rings. The van der Waals surface area contributed by atoms with E-state index in [0.717, 1.165) is 38.2 Å². The van der Waals surface area contributed by atoms with Crippen molar-refractivity contribution >= 4 is 16.8 Å². The molecule has 1 saturated heterocycles. The number of piperazine rings is 1. The first-order valence-electron chi connectivity index (χ1n) is 8.18. The number of benzene rings is 1. The van der Waals surface area contributed by atoms with Crippen LogP contribution in [0, 0.1) is 0 Å². The Morgan fingerprint density at radius 3 is 2.71 bits per heavy atom. The van der Waals surface area contributed by atoms with Crippen LogP contribution in [-0.2, 0) is 6.54 Å². The number of amides is 1. The van der Waals surface area contributed by atoms with Gasteiger partial charge in [0.2, 0.25) is 0 Å². The molecule has 1 amide bonds. The molecule has 1 aromatic carbocycles. The Labute approximate surface area is 140 Å². The molecule has 0 aliphatic carbocycles. The molecule has 0 bridgehead atoms. The zero-order chi connectivity index (χ0) is 16.4. The minimum Gasteiger partial charge on any atom is -0.472 e. The molecule has 24 heavy (non-hydrogen) atoms. The summed E-state index contributed by atoms with van der Waals surface area (Å²) in [5, 5.41) is 1.17. The highest BCUT2D eigenvalue weighted by Gasteiger charge is 2.23. The van der Waals surface area contributed by atoms with E-state index in [1.165, 1.54) is 23.5 Å². The van der Waals surface area contributed by atoms with Gasteiger partial charge in [-0.1, -0.05) is 24.3 Å². The highest BCUT2D eigenvalue weighted by molar-refractivity contribution is 5.93. The molecule has 5 nitrogen and oxygen atoms in total. The maximum absolute atomic E-state index is 12.3. The summed E-state index contributed by atoms with van der Waals surface area (Å²) >= 11 is 0. The van der Waals surface area contributed by atoms with Crippen LogP contribution in [0.15, 0.2) is 59.5 Å². The Morgan fingerprint density at radius 2 is 1.92 bits per heavy atom. The number of aromatic nitrogens is 1. The van der Waals surface area contributed by atoms with Crippen molar-refractivity contribution in [3.05, 3.63) is 66.2 Å². The van der Waals surface area contributed by atoms with E-state index in [2.05, 4.69) is 34.1 Å². The second kappa shape index (κ2) is 6.45. The van der Waals surface area contributed by atoms with E-state index >= 15 is 0 Å². The minimum absolute atomic E-state index is 0.0511.